The minimum atomic E-state index is -2.47. The van der Waals surface area contributed by atoms with Gasteiger partial charge in [-0.05, 0) is 107 Å². The number of esters is 1. The molecule has 2 N–H and O–H groups in total. The average Bonchev–Trinajstić information content (AvgIpc) is 3.39. The molecule has 0 radical (unpaired) electrons. The Morgan fingerprint density at radius 2 is 1.48 bits per heavy atom. The van der Waals surface area contributed by atoms with Crippen molar-refractivity contribution in [2.75, 3.05) is 74.6 Å². The van der Waals surface area contributed by atoms with Crippen LogP contribution in [0, 0.1) is 35.5 Å². The molecule has 1 unspecified atom stereocenters. The third-order valence-electron chi connectivity index (χ3n) is 15.8. The van der Waals surface area contributed by atoms with Gasteiger partial charge >= 0.3 is 5.97 Å². The maximum Gasteiger partial charge on any atom is 0.329 e. The van der Waals surface area contributed by atoms with Crippen LogP contribution in [0.3, 0.4) is 0 Å². The number of aliphatic hydroxyl groups excluding tert-OH is 1. The molecular weight excluding hydrogens is 967 g/mol. The Labute approximate surface area is 447 Å². The van der Waals surface area contributed by atoms with Gasteiger partial charge in [0.15, 0.2) is 5.78 Å². The van der Waals surface area contributed by atoms with Crippen LogP contribution in [0.2, 0.25) is 0 Å². The SMILES string of the molecule is COCCOCCOC1C[C@@H]2CC[C@@H](C)[C@@](O)(O2)C(=O)C(=O)N2CCCC[C@H]2C(=O)O[C@H]([C@H](C)C[C@@H]2CC[C@@H](OCCOC)[C@H](OC)C2)CC(=O)[C@H](C)/C=C(\C)[C@@H](O)[C@@H](OC)C(=O)[C@H](C)C[C@H](C)/C=C/C=CC=C1C. The zero-order chi connectivity index (χ0) is 55.2. The van der Waals surface area contributed by atoms with Crippen molar-refractivity contribution in [3.05, 3.63) is 47.6 Å². The van der Waals surface area contributed by atoms with Gasteiger partial charge in [-0.25, -0.2) is 4.79 Å². The highest BCUT2D eigenvalue weighted by Gasteiger charge is 2.53. The molecule has 2 saturated heterocycles. The maximum atomic E-state index is 14.6. The van der Waals surface area contributed by atoms with Crippen LogP contribution in [0.15, 0.2) is 47.6 Å². The van der Waals surface area contributed by atoms with E-state index in [0.717, 1.165) is 18.4 Å². The van der Waals surface area contributed by atoms with E-state index in [1.54, 1.807) is 48.2 Å². The summed E-state index contributed by atoms with van der Waals surface area (Å²) in [5.74, 6) is -8.06. The maximum absolute atomic E-state index is 14.6. The van der Waals surface area contributed by atoms with Gasteiger partial charge in [0.05, 0.1) is 64.1 Å². The molecule has 75 heavy (non-hydrogen) atoms. The highest BCUT2D eigenvalue weighted by molar-refractivity contribution is 6.39. The first-order chi connectivity index (χ1) is 35.8. The minimum absolute atomic E-state index is 0.00579. The van der Waals surface area contributed by atoms with Crippen LogP contribution in [-0.2, 0) is 66.6 Å². The Kier molecular flexibility index (Phi) is 27.7. The van der Waals surface area contributed by atoms with Crippen LogP contribution in [0.1, 0.15) is 126 Å². The largest absolute Gasteiger partial charge is 0.460 e. The molecule has 0 aromatic heterocycles. The van der Waals surface area contributed by atoms with Crippen LogP contribution >= 0.6 is 0 Å². The van der Waals surface area contributed by atoms with Crippen molar-refractivity contribution < 1.29 is 76.8 Å². The summed E-state index contributed by atoms with van der Waals surface area (Å²) < 4.78 is 52.5. The molecule has 4 rings (SSSR count). The van der Waals surface area contributed by atoms with E-state index in [1.165, 1.54) is 12.0 Å². The third kappa shape index (κ3) is 19.1. The van der Waals surface area contributed by atoms with E-state index in [9.17, 15) is 34.2 Å². The van der Waals surface area contributed by atoms with E-state index in [0.29, 0.717) is 83.6 Å². The predicted molar refractivity (Wildman–Crippen MR) is 282 cm³/mol. The van der Waals surface area contributed by atoms with Crippen molar-refractivity contribution in [1.29, 1.82) is 0 Å². The molecule has 3 fully saturated rings. The van der Waals surface area contributed by atoms with Gasteiger partial charge in [-0.1, -0.05) is 71.1 Å². The van der Waals surface area contributed by atoms with Crippen molar-refractivity contribution in [3.63, 3.8) is 0 Å². The van der Waals surface area contributed by atoms with Gasteiger partial charge < -0.3 is 57.7 Å². The van der Waals surface area contributed by atoms with E-state index in [1.807, 2.05) is 58.1 Å². The first-order valence-corrected chi connectivity index (χ1v) is 27.5. The molecule has 3 heterocycles. The molecule has 0 aromatic rings. The van der Waals surface area contributed by atoms with E-state index >= 15 is 0 Å². The summed E-state index contributed by atoms with van der Waals surface area (Å²) in [5, 5.41) is 23.7. The van der Waals surface area contributed by atoms with E-state index < -0.39 is 77.8 Å². The number of allylic oxidation sites excluding steroid dienone is 6. The molecule has 0 spiro atoms. The number of fused-ring (bicyclic) bond motifs is 3. The van der Waals surface area contributed by atoms with Gasteiger partial charge in [0, 0.05) is 65.6 Å². The Balaban J connectivity index is 1.70. The second kappa shape index (κ2) is 32.4. The molecule has 2 bridgehead atoms. The fourth-order valence-electron chi connectivity index (χ4n) is 11.0. The Morgan fingerprint density at radius 1 is 0.773 bits per heavy atom. The van der Waals surface area contributed by atoms with Crippen molar-refractivity contribution in [2.45, 2.75) is 180 Å². The minimum Gasteiger partial charge on any atom is -0.460 e. The number of Topliss-reactive ketones (excluding diaryl/α,β-unsaturated/α-hetero) is 3. The van der Waals surface area contributed by atoms with Crippen molar-refractivity contribution in [2.24, 2.45) is 35.5 Å². The summed E-state index contributed by atoms with van der Waals surface area (Å²) in [6, 6.07) is -1.16. The third-order valence-corrected chi connectivity index (χ3v) is 15.8. The van der Waals surface area contributed by atoms with Crippen molar-refractivity contribution in [3.8, 4) is 0 Å². The molecular formula is C58H93NO16. The van der Waals surface area contributed by atoms with E-state index in [4.69, 9.17) is 42.6 Å². The molecule has 17 heteroatoms. The lowest BCUT2D eigenvalue weighted by Gasteiger charge is -2.43. The summed E-state index contributed by atoms with van der Waals surface area (Å²) in [4.78, 5) is 72.9. The lowest BCUT2D eigenvalue weighted by Crippen LogP contribution is -2.61. The molecule has 1 aliphatic carbocycles. The number of carbonyl (C=O) groups excluding carboxylic acids is 5. The zero-order valence-electron chi connectivity index (χ0n) is 47.0. The fraction of sp³-hybridized carbons (Fsp3) is 0.776. The number of ketones is 3. The van der Waals surface area contributed by atoms with Gasteiger partial charge in [0.2, 0.25) is 5.79 Å². The lowest BCUT2D eigenvalue weighted by atomic mass is 9.78. The van der Waals surface area contributed by atoms with Gasteiger partial charge in [-0.3, -0.25) is 19.2 Å². The highest BCUT2D eigenvalue weighted by atomic mass is 16.6. The number of carbonyl (C=O) groups is 5. The van der Waals surface area contributed by atoms with E-state index in [2.05, 4.69) is 0 Å². The number of hydrogen-bond acceptors (Lipinski definition) is 16. The average molecular weight is 1060 g/mol. The normalized spacial score (nSPS) is 35.5. The van der Waals surface area contributed by atoms with Crippen LogP contribution < -0.4 is 0 Å². The molecule has 4 aliphatic rings. The molecule has 1 saturated carbocycles. The molecule has 3 aliphatic heterocycles. The zero-order valence-corrected chi connectivity index (χ0v) is 47.0. The quantitative estimate of drug-likeness (QED) is 0.0698. The molecule has 426 valence electrons. The van der Waals surface area contributed by atoms with Crippen molar-refractivity contribution >= 4 is 29.2 Å². The Bertz CT molecular complexity index is 1930. The monoisotopic (exact) mass is 1060 g/mol. The van der Waals surface area contributed by atoms with Gasteiger partial charge in [-0.15, -0.1) is 0 Å². The number of ether oxygens (including phenoxy) is 9. The molecule has 17 nitrogen and oxygen atoms in total. The topological polar surface area (TPSA) is 212 Å². The van der Waals surface area contributed by atoms with Crippen LogP contribution in [0.5, 0.6) is 0 Å². The molecule has 0 aromatic carbocycles. The van der Waals surface area contributed by atoms with E-state index in [-0.39, 0.29) is 73.9 Å². The lowest BCUT2D eigenvalue weighted by molar-refractivity contribution is -0.266. The highest BCUT2D eigenvalue weighted by Crippen LogP contribution is 2.38. The summed E-state index contributed by atoms with van der Waals surface area (Å²) in [5.41, 5.74) is 1.24. The first-order valence-electron chi connectivity index (χ1n) is 27.5. The smallest absolute Gasteiger partial charge is 0.329 e. The van der Waals surface area contributed by atoms with Gasteiger partial charge in [0.1, 0.15) is 30.1 Å². The Hall–Kier alpha value is -3.49. The summed E-state index contributed by atoms with van der Waals surface area (Å²) in [6.07, 6.45) is 12.0. The number of amides is 1. The van der Waals surface area contributed by atoms with Crippen LogP contribution in [0.25, 0.3) is 0 Å². The van der Waals surface area contributed by atoms with Crippen LogP contribution in [0.4, 0.5) is 0 Å². The number of piperidine rings is 1. The number of nitrogens with zero attached hydrogens (tertiary/aromatic N) is 1. The Morgan fingerprint density at radius 3 is 2.19 bits per heavy atom. The first kappa shape index (κ1) is 64.0. The number of cyclic esters (lactones) is 1. The van der Waals surface area contributed by atoms with Gasteiger partial charge in [0.25, 0.3) is 11.7 Å². The summed E-state index contributed by atoms with van der Waals surface area (Å²) in [7, 11) is 6.27. The molecule has 1 amide bonds. The predicted octanol–water partition coefficient (Wildman–Crippen LogP) is 6.88. The summed E-state index contributed by atoms with van der Waals surface area (Å²) in [6.45, 7) is 15.1. The fourth-order valence-corrected chi connectivity index (χ4v) is 11.0. The number of methoxy groups -OCH3 is 4. The van der Waals surface area contributed by atoms with Gasteiger partial charge in [-0.2, -0.15) is 0 Å². The number of rotatable bonds is 16. The standard InChI is InChI=1S/C58H93NO16/c1-37-17-13-12-14-18-38(2)49(73-30-28-71-27-25-67-8)35-45-22-20-43(7)58(66,75-45)55(63)56(64)59-24-16-15-19-46(59)57(65)74-50(40(4)33-44-21-23-48(51(34-44)69-10)72-29-26-68-9)36-47(60)39(3)32-42(6)53(62)54(70-11)52(61)41(5)31-37/h12-14,17-18,32,37,39-41,43-46,48-51,53-54,62,66H,15-16,19-31,33-36H2,1-11H3/b14-12?,17-13+,38-18?,42-32+/t37-,39-,40-,41-,43-,44+,45+,46+,48-,49?,50+,51-,53-,54+,58-/m1/s1. The molecule has 15 atom stereocenters. The summed E-state index contributed by atoms with van der Waals surface area (Å²) >= 11 is 0. The second-order valence-corrected chi connectivity index (χ2v) is 21.7. The number of hydrogen-bond donors (Lipinski definition) is 2. The number of aliphatic hydroxyl groups is 2. The van der Waals surface area contributed by atoms with Crippen LogP contribution in [-0.4, -0.2) is 174 Å². The van der Waals surface area contributed by atoms with Crippen molar-refractivity contribution in [1.82, 2.24) is 4.90 Å². The second-order valence-electron chi connectivity index (χ2n) is 21.7.